The van der Waals surface area contributed by atoms with Crippen LogP contribution in [-0.4, -0.2) is 35.7 Å². The summed E-state index contributed by atoms with van der Waals surface area (Å²) in [6.45, 7) is 10.9. The standard InChI is InChI=1S/C21H28N6OS/c1-6-15(4)27-18(12-13-22-27)23-20(28)16(5)29-21-25-24-19(26(21)7-2)17-11-9-8-10-14(17)3/h8-13,15-16H,6-7H2,1-5H3,(H,23,28)/t15-,16+/m1/s1. The first kappa shape index (κ1) is 21.1. The van der Waals surface area contributed by atoms with E-state index in [2.05, 4.69) is 58.9 Å². The molecular formula is C21H28N6OS. The van der Waals surface area contributed by atoms with Gasteiger partial charge in [0.2, 0.25) is 5.91 Å². The molecule has 2 atom stereocenters. The van der Waals surface area contributed by atoms with Crippen molar-refractivity contribution in [3.05, 3.63) is 42.1 Å². The van der Waals surface area contributed by atoms with Crippen molar-refractivity contribution in [2.24, 2.45) is 0 Å². The minimum atomic E-state index is -0.325. The summed E-state index contributed by atoms with van der Waals surface area (Å²) in [5.41, 5.74) is 2.21. The number of amides is 1. The van der Waals surface area contributed by atoms with E-state index >= 15 is 0 Å². The Morgan fingerprint density at radius 1 is 1.17 bits per heavy atom. The molecule has 3 aromatic rings. The van der Waals surface area contributed by atoms with Crippen LogP contribution in [0, 0.1) is 6.92 Å². The molecule has 0 bridgehead atoms. The number of aromatic nitrogens is 5. The molecule has 0 fully saturated rings. The van der Waals surface area contributed by atoms with E-state index in [1.807, 2.05) is 35.9 Å². The molecule has 2 aromatic heterocycles. The monoisotopic (exact) mass is 412 g/mol. The Balaban J connectivity index is 1.76. The first-order chi connectivity index (χ1) is 14.0. The van der Waals surface area contributed by atoms with Crippen LogP contribution in [0.4, 0.5) is 5.82 Å². The molecule has 3 rings (SSSR count). The first-order valence-corrected chi connectivity index (χ1v) is 10.8. The molecule has 0 aliphatic carbocycles. The number of benzene rings is 1. The Morgan fingerprint density at radius 2 is 1.93 bits per heavy atom. The first-order valence-electron chi connectivity index (χ1n) is 9.96. The Labute approximate surface area is 175 Å². The maximum atomic E-state index is 12.8. The molecule has 0 aliphatic rings. The highest BCUT2D eigenvalue weighted by atomic mass is 32.2. The van der Waals surface area contributed by atoms with E-state index in [0.29, 0.717) is 5.82 Å². The minimum absolute atomic E-state index is 0.0804. The number of rotatable bonds is 8. The molecule has 0 unspecified atom stereocenters. The molecule has 7 nitrogen and oxygen atoms in total. The molecule has 0 saturated heterocycles. The maximum absolute atomic E-state index is 12.8. The van der Waals surface area contributed by atoms with Gasteiger partial charge < -0.3 is 9.88 Å². The van der Waals surface area contributed by atoms with Crippen molar-refractivity contribution in [3.8, 4) is 11.4 Å². The van der Waals surface area contributed by atoms with E-state index in [1.165, 1.54) is 11.8 Å². The maximum Gasteiger partial charge on any atom is 0.238 e. The second-order valence-electron chi connectivity index (χ2n) is 7.03. The fourth-order valence-electron chi connectivity index (χ4n) is 3.06. The van der Waals surface area contributed by atoms with E-state index in [4.69, 9.17) is 0 Å². The average molecular weight is 413 g/mol. The molecule has 1 aromatic carbocycles. The lowest BCUT2D eigenvalue weighted by Gasteiger charge is -2.16. The fraction of sp³-hybridized carbons (Fsp3) is 0.429. The number of hydrogen-bond donors (Lipinski definition) is 1. The third-order valence-electron chi connectivity index (χ3n) is 5.00. The van der Waals surface area contributed by atoms with Crippen LogP contribution in [0.3, 0.4) is 0 Å². The van der Waals surface area contributed by atoms with Gasteiger partial charge in [0.05, 0.1) is 17.5 Å². The summed E-state index contributed by atoms with van der Waals surface area (Å²) in [4.78, 5) is 12.8. The molecule has 0 aliphatic heterocycles. The smallest absolute Gasteiger partial charge is 0.238 e. The molecule has 1 N–H and O–H groups in total. The lowest BCUT2D eigenvalue weighted by atomic mass is 10.1. The SMILES string of the molecule is CC[C@@H](C)n1nccc1NC(=O)[C@H](C)Sc1nnc(-c2ccccc2C)n1CC. The summed E-state index contributed by atoms with van der Waals surface area (Å²) >= 11 is 1.41. The number of carbonyl (C=O) groups excluding carboxylic acids is 1. The van der Waals surface area contributed by atoms with Crippen molar-refractivity contribution < 1.29 is 4.79 Å². The van der Waals surface area contributed by atoms with Gasteiger partial charge in [-0.25, -0.2) is 4.68 Å². The van der Waals surface area contributed by atoms with E-state index in [-0.39, 0.29) is 17.2 Å². The van der Waals surface area contributed by atoms with Gasteiger partial charge in [0.15, 0.2) is 11.0 Å². The van der Waals surface area contributed by atoms with E-state index in [9.17, 15) is 4.79 Å². The predicted octanol–water partition coefficient (Wildman–Crippen LogP) is 4.56. The molecule has 0 spiro atoms. The van der Waals surface area contributed by atoms with Gasteiger partial charge in [-0.05, 0) is 39.7 Å². The van der Waals surface area contributed by atoms with Crippen LogP contribution in [0.2, 0.25) is 0 Å². The van der Waals surface area contributed by atoms with Gasteiger partial charge in [-0.1, -0.05) is 43.0 Å². The van der Waals surface area contributed by atoms with Gasteiger partial charge in [0.1, 0.15) is 5.82 Å². The topological polar surface area (TPSA) is 77.6 Å². The zero-order chi connectivity index (χ0) is 21.0. The van der Waals surface area contributed by atoms with Crippen LogP contribution in [0.5, 0.6) is 0 Å². The lowest BCUT2D eigenvalue weighted by molar-refractivity contribution is -0.115. The number of carbonyl (C=O) groups is 1. The second-order valence-corrected chi connectivity index (χ2v) is 8.34. The molecular weight excluding hydrogens is 384 g/mol. The van der Waals surface area contributed by atoms with Crippen molar-refractivity contribution in [1.82, 2.24) is 24.5 Å². The molecule has 0 radical (unpaired) electrons. The normalized spacial score (nSPS) is 13.3. The van der Waals surface area contributed by atoms with Gasteiger partial charge in [-0.3, -0.25) is 4.79 Å². The molecule has 2 heterocycles. The predicted molar refractivity (Wildman–Crippen MR) is 117 cm³/mol. The molecule has 8 heteroatoms. The summed E-state index contributed by atoms with van der Waals surface area (Å²) in [6.07, 6.45) is 2.65. The van der Waals surface area contributed by atoms with Gasteiger partial charge in [0.25, 0.3) is 0 Å². The summed E-state index contributed by atoms with van der Waals surface area (Å²) < 4.78 is 3.90. The number of nitrogens with zero attached hydrogens (tertiary/aromatic N) is 5. The Hall–Kier alpha value is -2.61. The van der Waals surface area contributed by atoms with E-state index in [1.54, 1.807) is 6.20 Å². The van der Waals surface area contributed by atoms with Gasteiger partial charge in [0, 0.05) is 18.2 Å². The van der Waals surface area contributed by atoms with Crippen LogP contribution in [0.1, 0.15) is 45.7 Å². The summed E-state index contributed by atoms with van der Waals surface area (Å²) in [7, 11) is 0. The zero-order valence-corrected chi connectivity index (χ0v) is 18.4. The number of nitrogens with one attached hydrogen (secondary N) is 1. The highest BCUT2D eigenvalue weighted by Crippen LogP contribution is 2.29. The second kappa shape index (κ2) is 9.26. The Morgan fingerprint density at radius 3 is 2.62 bits per heavy atom. The molecule has 29 heavy (non-hydrogen) atoms. The van der Waals surface area contributed by atoms with Gasteiger partial charge >= 0.3 is 0 Å². The average Bonchev–Trinajstić information content (AvgIpc) is 3.34. The number of thioether (sulfide) groups is 1. The van der Waals surface area contributed by atoms with Crippen LogP contribution >= 0.6 is 11.8 Å². The summed E-state index contributed by atoms with van der Waals surface area (Å²) in [5.74, 6) is 1.47. The summed E-state index contributed by atoms with van der Waals surface area (Å²) in [5, 5.41) is 16.5. The largest absolute Gasteiger partial charge is 0.310 e. The molecule has 1 amide bonds. The van der Waals surface area contributed by atoms with E-state index in [0.717, 1.165) is 35.1 Å². The fourth-order valence-corrected chi connectivity index (χ4v) is 3.97. The zero-order valence-electron chi connectivity index (χ0n) is 17.6. The molecule has 0 saturated carbocycles. The minimum Gasteiger partial charge on any atom is -0.310 e. The highest BCUT2D eigenvalue weighted by Gasteiger charge is 2.22. The third kappa shape index (κ3) is 4.53. The highest BCUT2D eigenvalue weighted by molar-refractivity contribution is 8.00. The van der Waals surface area contributed by atoms with Crippen molar-refractivity contribution in [2.75, 3.05) is 5.32 Å². The van der Waals surface area contributed by atoms with Crippen LogP contribution in [-0.2, 0) is 11.3 Å². The third-order valence-corrected chi connectivity index (χ3v) is 6.08. The summed E-state index contributed by atoms with van der Waals surface area (Å²) in [6, 6.07) is 10.2. The van der Waals surface area contributed by atoms with E-state index < -0.39 is 0 Å². The molecule has 154 valence electrons. The van der Waals surface area contributed by atoms with Gasteiger partial charge in [-0.15, -0.1) is 10.2 Å². The number of anilines is 1. The van der Waals surface area contributed by atoms with Crippen LogP contribution < -0.4 is 5.32 Å². The Kier molecular flexibility index (Phi) is 6.74. The Bertz CT molecular complexity index is 979. The van der Waals surface area contributed by atoms with Crippen molar-refractivity contribution in [1.29, 1.82) is 0 Å². The number of aryl methyl sites for hydroxylation is 1. The van der Waals surface area contributed by atoms with Crippen LogP contribution in [0.25, 0.3) is 11.4 Å². The van der Waals surface area contributed by atoms with Crippen LogP contribution in [0.15, 0.2) is 41.7 Å². The number of hydrogen-bond acceptors (Lipinski definition) is 5. The quantitative estimate of drug-likeness (QED) is 0.549. The lowest BCUT2D eigenvalue weighted by Crippen LogP contribution is -2.25. The van der Waals surface area contributed by atoms with Gasteiger partial charge in [-0.2, -0.15) is 5.10 Å². The van der Waals surface area contributed by atoms with Crippen molar-refractivity contribution in [2.45, 2.75) is 64.0 Å². The van der Waals surface area contributed by atoms with Crippen molar-refractivity contribution >= 4 is 23.5 Å². The van der Waals surface area contributed by atoms with Crippen molar-refractivity contribution in [3.63, 3.8) is 0 Å².